The first-order chi connectivity index (χ1) is 24.3. The van der Waals surface area contributed by atoms with Crippen LogP contribution in [0.15, 0.2) is 126 Å². The van der Waals surface area contributed by atoms with Crippen LogP contribution in [0, 0.1) is 20.8 Å². The molecule has 2 aliphatic heterocycles. The van der Waals surface area contributed by atoms with Crippen molar-refractivity contribution < 1.29 is 4.74 Å². The molecule has 9 rings (SSSR count). The maximum Gasteiger partial charge on any atom is 0.141 e. The quantitative estimate of drug-likeness (QED) is 0.177. The molecule has 0 amide bonds. The van der Waals surface area contributed by atoms with Crippen molar-refractivity contribution in [2.75, 3.05) is 5.75 Å². The van der Waals surface area contributed by atoms with Crippen LogP contribution in [0.5, 0.6) is 11.5 Å². The van der Waals surface area contributed by atoms with Crippen LogP contribution < -0.4 is 4.74 Å². The lowest BCUT2D eigenvalue weighted by Gasteiger charge is -2.34. The van der Waals surface area contributed by atoms with E-state index < -0.39 is 0 Å². The van der Waals surface area contributed by atoms with Crippen molar-refractivity contribution in [3.63, 3.8) is 0 Å². The third-order valence-electron chi connectivity index (χ3n) is 10.5. The molecule has 5 aromatic carbocycles. The second-order valence-electron chi connectivity index (χ2n) is 14.4. The minimum atomic E-state index is -0.160. The first-order valence-electron chi connectivity index (χ1n) is 17.4. The van der Waals surface area contributed by atoms with Gasteiger partial charge < -0.3 is 4.74 Å². The number of fused-ring (bicyclic) bond motifs is 5. The van der Waals surface area contributed by atoms with E-state index in [1.807, 2.05) is 18.0 Å². The van der Waals surface area contributed by atoms with E-state index in [9.17, 15) is 0 Å². The highest BCUT2D eigenvalue weighted by Crippen LogP contribution is 2.48. The zero-order chi connectivity index (χ0) is 34.1. The fourth-order valence-electron chi connectivity index (χ4n) is 8.17. The summed E-state index contributed by atoms with van der Waals surface area (Å²) in [6.07, 6.45) is 1.90. The minimum absolute atomic E-state index is 0.143. The highest BCUT2D eigenvalue weighted by molar-refractivity contribution is 8.14. The minimum Gasteiger partial charge on any atom is -0.457 e. The monoisotopic (exact) mass is 669 g/mol. The lowest BCUT2D eigenvalue weighted by Crippen LogP contribution is -2.27. The normalized spacial score (nSPS) is 16.2. The molecule has 0 bridgehead atoms. The first-order valence-corrected chi connectivity index (χ1v) is 18.4. The molecular weight excluding hydrogens is 631 g/mol. The Hall–Kier alpha value is -5.13. The zero-order valence-corrected chi connectivity index (χ0v) is 29.9. The fourth-order valence-corrected chi connectivity index (χ4v) is 9.26. The highest BCUT2D eigenvalue weighted by atomic mass is 32.2. The lowest BCUT2D eigenvalue weighted by molar-refractivity contribution is 0.479. The topological polar surface area (TPSA) is 39.4 Å². The van der Waals surface area contributed by atoms with E-state index in [4.69, 9.17) is 14.7 Å². The van der Waals surface area contributed by atoms with Crippen molar-refractivity contribution in [3.05, 3.63) is 166 Å². The third-order valence-corrected chi connectivity index (χ3v) is 11.7. The molecule has 0 radical (unpaired) electrons. The van der Waals surface area contributed by atoms with E-state index in [2.05, 4.69) is 154 Å². The zero-order valence-electron chi connectivity index (χ0n) is 29.1. The number of nitrogens with zero attached hydrogens (tertiary/aromatic N) is 3. The molecule has 0 saturated heterocycles. The van der Waals surface area contributed by atoms with Gasteiger partial charge in [0.15, 0.2) is 0 Å². The Morgan fingerprint density at radius 2 is 1.48 bits per heavy atom. The van der Waals surface area contributed by atoms with Crippen molar-refractivity contribution in [3.8, 4) is 17.3 Å². The summed E-state index contributed by atoms with van der Waals surface area (Å²) in [6, 6.07) is 41.7. The van der Waals surface area contributed by atoms with Crippen molar-refractivity contribution in [1.82, 2.24) is 9.55 Å². The molecule has 7 aromatic rings. The van der Waals surface area contributed by atoms with Crippen LogP contribution in [0.2, 0.25) is 0 Å². The second-order valence-corrected chi connectivity index (χ2v) is 15.4. The summed E-state index contributed by atoms with van der Waals surface area (Å²) >= 11 is 1.84. The number of aryl methyl sites for hydroxylation is 3. The van der Waals surface area contributed by atoms with Gasteiger partial charge in [-0.1, -0.05) is 92.2 Å². The molecule has 5 heteroatoms. The van der Waals surface area contributed by atoms with Crippen molar-refractivity contribution in [2.45, 2.75) is 52.0 Å². The van der Waals surface area contributed by atoms with Crippen molar-refractivity contribution >= 4 is 38.6 Å². The van der Waals surface area contributed by atoms with Gasteiger partial charge in [0.1, 0.15) is 17.3 Å². The number of pyridine rings is 1. The summed E-state index contributed by atoms with van der Waals surface area (Å²) in [5, 5.41) is 3.56. The first kappa shape index (κ1) is 30.9. The Morgan fingerprint density at radius 1 is 0.760 bits per heavy atom. The van der Waals surface area contributed by atoms with Gasteiger partial charge in [-0.25, -0.2) is 4.98 Å². The molecule has 0 aliphatic carbocycles. The van der Waals surface area contributed by atoms with E-state index in [1.54, 1.807) is 0 Å². The van der Waals surface area contributed by atoms with Gasteiger partial charge in [0, 0.05) is 51.2 Å². The predicted molar refractivity (Wildman–Crippen MR) is 209 cm³/mol. The standard InChI is InChI=1S/C45H39N3OS/c1-27-19-32(44-47-38(26-50-44)41(30-13-8-6-9-14-30)31-15-10-7-11-16-31)24-33(20-27)49-40-25-39-34(23-29(40)3)35-21-28(2)22-37-42(35)48(39)43-36(45(37,4)5)17-12-18-46-43/h6-25,38,41H,26H2,1-5H3/t38-/m0/s1. The van der Waals surface area contributed by atoms with Crippen LogP contribution >= 0.6 is 11.8 Å². The molecule has 0 saturated carbocycles. The molecular formula is C45H39N3OS. The molecule has 0 unspecified atom stereocenters. The van der Waals surface area contributed by atoms with Gasteiger partial charge in [0.25, 0.3) is 0 Å². The Morgan fingerprint density at radius 3 is 2.22 bits per heavy atom. The summed E-state index contributed by atoms with van der Waals surface area (Å²) in [5.74, 6) is 3.80. The SMILES string of the molecule is Cc1cc(Oc2cc3c(cc2C)c2cc(C)cc4c2n3-c2ncccc2C4(C)C)cc(C2=N[C@H](C(c3ccccc3)c3ccccc3)CS2)c1. The van der Waals surface area contributed by atoms with Gasteiger partial charge in [-0.3, -0.25) is 9.56 Å². The van der Waals surface area contributed by atoms with Crippen LogP contribution in [-0.2, 0) is 5.41 Å². The summed E-state index contributed by atoms with van der Waals surface area (Å²) in [6.45, 7) is 11.1. The van der Waals surface area contributed by atoms with Gasteiger partial charge in [0.2, 0.25) is 0 Å². The van der Waals surface area contributed by atoms with Gasteiger partial charge in [-0.05, 0) is 85.0 Å². The number of benzene rings is 5. The Labute approximate surface area is 297 Å². The Bertz CT molecular complexity index is 2440. The highest BCUT2D eigenvalue weighted by Gasteiger charge is 2.36. The molecule has 2 aliphatic rings. The van der Waals surface area contributed by atoms with Crippen molar-refractivity contribution in [2.24, 2.45) is 4.99 Å². The molecule has 4 heterocycles. The second kappa shape index (κ2) is 11.7. The summed E-state index contributed by atoms with van der Waals surface area (Å²) in [7, 11) is 0. The summed E-state index contributed by atoms with van der Waals surface area (Å²) < 4.78 is 9.16. The predicted octanol–water partition coefficient (Wildman–Crippen LogP) is 11.2. The van der Waals surface area contributed by atoms with Crippen LogP contribution in [0.1, 0.15) is 64.3 Å². The van der Waals surface area contributed by atoms with Gasteiger partial charge in [-0.2, -0.15) is 0 Å². The fraction of sp³-hybridized carbons (Fsp3) is 0.200. The van der Waals surface area contributed by atoms with Crippen molar-refractivity contribution in [1.29, 1.82) is 0 Å². The number of hydrogen-bond acceptors (Lipinski definition) is 4. The number of aromatic nitrogens is 2. The third kappa shape index (κ3) is 4.98. The van der Waals surface area contributed by atoms with Crippen LogP contribution in [0.25, 0.3) is 27.6 Å². The van der Waals surface area contributed by atoms with E-state index in [0.29, 0.717) is 0 Å². The number of hydrogen-bond donors (Lipinski definition) is 0. The molecule has 4 nitrogen and oxygen atoms in total. The largest absolute Gasteiger partial charge is 0.457 e. The van der Waals surface area contributed by atoms with Crippen LogP contribution in [0.3, 0.4) is 0 Å². The van der Waals surface area contributed by atoms with Gasteiger partial charge in [-0.15, -0.1) is 11.8 Å². The molecule has 0 spiro atoms. The number of thioether (sulfide) groups is 1. The lowest BCUT2D eigenvalue weighted by atomic mass is 9.75. The summed E-state index contributed by atoms with van der Waals surface area (Å²) in [4.78, 5) is 10.3. The number of ether oxygens (including phenoxy) is 1. The molecule has 50 heavy (non-hydrogen) atoms. The van der Waals surface area contributed by atoms with E-state index >= 15 is 0 Å². The molecule has 0 fully saturated rings. The molecule has 246 valence electrons. The van der Waals surface area contributed by atoms with E-state index in [1.165, 1.54) is 44.1 Å². The maximum absolute atomic E-state index is 6.81. The van der Waals surface area contributed by atoms with Gasteiger partial charge >= 0.3 is 0 Å². The van der Waals surface area contributed by atoms with Gasteiger partial charge in [0.05, 0.1) is 22.1 Å². The molecule has 2 aromatic heterocycles. The average molecular weight is 670 g/mol. The Kier molecular flexibility index (Phi) is 7.25. The van der Waals surface area contributed by atoms with Crippen LogP contribution in [0.4, 0.5) is 0 Å². The number of aliphatic imine (C=N–C) groups is 1. The molecule has 0 N–H and O–H groups in total. The Balaban J connectivity index is 1.11. The maximum atomic E-state index is 6.81. The van der Waals surface area contributed by atoms with E-state index in [0.717, 1.165) is 50.3 Å². The molecule has 1 atom stereocenters. The van der Waals surface area contributed by atoms with Crippen LogP contribution in [-0.4, -0.2) is 26.4 Å². The van der Waals surface area contributed by atoms with E-state index in [-0.39, 0.29) is 17.4 Å². The smallest absolute Gasteiger partial charge is 0.141 e. The number of rotatable bonds is 6. The summed E-state index contributed by atoms with van der Waals surface area (Å²) in [5.41, 5.74) is 12.0. The average Bonchev–Trinajstić information content (AvgIpc) is 3.72.